The Kier molecular flexibility index (Phi) is 5.36. The molecule has 146 valence electrons. The molecule has 10 heteroatoms. The molecule has 0 bridgehead atoms. The molecular formula is C18H20ClN7O2. The summed E-state index contributed by atoms with van der Waals surface area (Å²) in [6.07, 6.45) is 0. The quantitative estimate of drug-likeness (QED) is 0.352. The van der Waals surface area contributed by atoms with Gasteiger partial charge >= 0.3 is 0 Å². The molecule has 0 atom stereocenters. The lowest BCUT2D eigenvalue weighted by atomic mass is 10.1. The number of halogens is 1. The molecular weight excluding hydrogens is 382 g/mol. The van der Waals surface area contributed by atoms with Crippen molar-refractivity contribution in [1.29, 1.82) is 0 Å². The second-order valence-electron chi connectivity index (χ2n) is 5.97. The first-order valence-electron chi connectivity index (χ1n) is 8.33. The molecule has 0 radical (unpaired) electrons. The van der Waals surface area contributed by atoms with E-state index in [1.165, 1.54) is 11.8 Å². The smallest absolute Gasteiger partial charge is 0.277 e. The van der Waals surface area contributed by atoms with Crippen LogP contribution in [-0.2, 0) is 7.05 Å². The number of H-pyrrole nitrogens is 1. The normalized spacial score (nSPS) is 12.5. The minimum Gasteiger partial charge on any atom is -0.494 e. The highest BCUT2D eigenvalue weighted by atomic mass is 35.5. The molecule has 9 nitrogen and oxygen atoms in total. The molecule has 2 heterocycles. The van der Waals surface area contributed by atoms with E-state index < -0.39 is 0 Å². The number of pyridine rings is 1. The number of hydrogen-bond donors (Lipinski definition) is 3. The number of hydrogen-bond acceptors (Lipinski definition) is 5. The zero-order valence-corrected chi connectivity index (χ0v) is 16.6. The van der Waals surface area contributed by atoms with Gasteiger partial charge in [0.05, 0.1) is 24.0 Å². The molecule has 28 heavy (non-hydrogen) atoms. The average Bonchev–Trinajstić information content (AvgIpc) is 2.94. The predicted molar refractivity (Wildman–Crippen MR) is 112 cm³/mol. The van der Waals surface area contributed by atoms with Gasteiger partial charge in [-0.15, -0.1) is 0 Å². The van der Waals surface area contributed by atoms with E-state index in [0.717, 1.165) is 0 Å². The van der Waals surface area contributed by atoms with Crippen molar-refractivity contribution in [3.63, 3.8) is 0 Å². The number of methoxy groups -OCH3 is 1. The molecule has 1 aromatic carbocycles. The standard InChI is InChI=1S/C18H20ClN7O2/c1-9(21-2)22-16(20)10-6-5-7-11(15(10)28-4)23-12-8-13(19)24-17-14(12)18(27)26(3)25-17/h5-8H,1-4H3,(H2,20,21,22)(H2,23,24,25). The number of nitrogens with two attached hydrogens (primary N) is 1. The van der Waals surface area contributed by atoms with E-state index in [-0.39, 0.29) is 16.5 Å². The maximum atomic E-state index is 12.5. The fourth-order valence-electron chi connectivity index (χ4n) is 2.77. The van der Waals surface area contributed by atoms with E-state index >= 15 is 0 Å². The molecule has 0 amide bonds. The van der Waals surface area contributed by atoms with Gasteiger partial charge in [0.2, 0.25) is 0 Å². The predicted octanol–water partition coefficient (Wildman–Crippen LogP) is 2.42. The topological polar surface area (TPSA) is 123 Å². The van der Waals surface area contributed by atoms with Crippen LogP contribution in [0.25, 0.3) is 11.0 Å². The highest BCUT2D eigenvalue weighted by Gasteiger charge is 2.17. The monoisotopic (exact) mass is 401 g/mol. The number of ether oxygens (including phenoxy) is 1. The zero-order valence-electron chi connectivity index (χ0n) is 15.9. The van der Waals surface area contributed by atoms with E-state index in [1.54, 1.807) is 45.3 Å². The second-order valence-corrected chi connectivity index (χ2v) is 6.36. The van der Waals surface area contributed by atoms with Crippen molar-refractivity contribution < 1.29 is 4.74 Å². The lowest BCUT2D eigenvalue weighted by Crippen LogP contribution is -2.17. The Labute approximate surface area is 165 Å². The number of para-hydroxylation sites is 1. The van der Waals surface area contributed by atoms with Crippen molar-refractivity contribution >= 4 is 45.7 Å². The second kappa shape index (κ2) is 7.73. The lowest BCUT2D eigenvalue weighted by molar-refractivity contribution is 0.416. The van der Waals surface area contributed by atoms with Gasteiger partial charge < -0.3 is 15.8 Å². The number of aromatic nitrogens is 3. The van der Waals surface area contributed by atoms with Crippen LogP contribution in [0.3, 0.4) is 0 Å². The summed E-state index contributed by atoms with van der Waals surface area (Å²) in [7, 11) is 4.78. The summed E-state index contributed by atoms with van der Waals surface area (Å²) in [6.45, 7) is 1.75. The summed E-state index contributed by atoms with van der Waals surface area (Å²) in [5, 5.41) is 6.69. The summed E-state index contributed by atoms with van der Waals surface area (Å²) >= 11 is 6.11. The maximum Gasteiger partial charge on any atom is 0.277 e. The van der Waals surface area contributed by atoms with Crippen LogP contribution >= 0.6 is 11.6 Å². The van der Waals surface area contributed by atoms with Crippen LogP contribution in [0, 0.1) is 0 Å². The number of nitrogens with one attached hydrogen (secondary N) is 2. The van der Waals surface area contributed by atoms with Crippen molar-refractivity contribution in [2.45, 2.75) is 6.92 Å². The summed E-state index contributed by atoms with van der Waals surface area (Å²) in [4.78, 5) is 24.9. The van der Waals surface area contributed by atoms with Crippen molar-refractivity contribution in [2.75, 3.05) is 19.5 Å². The number of aryl methyl sites for hydroxylation is 1. The average molecular weight is 402 g/mol. The fraction of sp³-hybridized carbons (Fsp3) is 0.222. The Morgan fingerprint density at radius 1 is 1.39 bits per heavy atom. The van der Waals surface area contributed by atoms with E-state index in [4.69, 9.17) is 22.1 Å². The van der Waals surface area contributed by atoms with Crippen molar-refractivity contribution in [3.8, 4) is 5.75 Å². The first-order chi connectivity index (χ1) is 13.3. The number of anilines is 2. The third-order valence-electron chi connectivity index (χ3n) is 4.15. The molecule has 3 rings (SSSR count). The molecule has 0 unspecified atom stereocenters. The summed E-state index contributed by atoms with van der Waals surface area (Å²) in [5.41, 5.74) is 7.96. The molecule has 0 aliphatic carbocycles. The van der Waals surface area contributed by atoms with Crippen molar-refractivity contribution in [1.82, 2.24) is 14.8 Å². The molecule has 0 saturated carbocycles. The van der Waals surface area contributed by atoms with Crippen LogP contribution < -0.4 is 21.3 Å². The number of aliphatic imine (C=N–C) groups is 2. The summed E-state index contributed by atoms with van der Waals surface area (Å²) in [5.74, 6) is 1.27. The third kappa shape index (κ3) is 3.56. The van der Waals surface area contributed by atoms with Gasteiger partial charge in [-0.25, -0.2) is 9.98 Å². The van der Waals surface area contributed by atoms with Crippen LogP contribution in [-0.4, -0.2) is 40.6 Å². The first-order valence-corrected chi connectivity index (χ1v) is 8.70. The van der Waals surface area contributed by atoms with Gasteiger partial charge in [-0.2, -0.15) is 0 Å². The first kappa shape index (κ1) is 19.4. The molecule has 0 spiro atoms. The minimum atomic E-state index is -0.229. The molecule has 0 aliphatic heterocycles. The van der Waals surface area contributed by atoms with Crippen LogP contribution in [0.4, 0.5) is 11.4 Å². The van der Waals surface area contributed by atoms with E-state index in [2.05, 4.69) is 25.4 Å². The van der Waals surface area contributed by atoms with Gasteiger partial charge in [-0.1, -0.05) is 17.7 Å². The Balaban J connectivity index is 2.14. The van der Waals surface area contributed by atoms with Gasteiger partial charge in [-0.3, -0.25) is 19.6 Å². The molecule has 3 aromatic rings. The minimum absolute atomic E-state index is 0.229. The fourth-order valence-corrected chi connectivity index (χ4v) is 2.97. The van der Waals surface area contributed by atoms with Gasteiger partial charge in [0, 0.05) is 14.1 Å². The van der Waals surface area contributed by atoms with E-state index in [1.807, 2.05) is 0 Å². The molecule has 0 aliphatic rings. The van der Waals surface area contributed by atoms with Gasteiger partial charge in [0.15, 0.2) is 11.4 Å². The van der Waals surface area contributed by atoms with Gasteiger partial charge in [-0.05, 0) is 25.1 Å². The number of nitrogens with zero attached hydrogens (tertiary/aromatic N) is 4. The summed E-state index contributed by atoms with van der Waals surface area (Å²) < 4.78 is 6.90. The number of fused-ring (bicyclic) bond motifs is 1. The summed E-state index contributed by atoms with van der Waals surface area (Å²) in [6, 6.07) is 6.97. The number of rotatable bonds is 4. The van der Waals surface area contributed by atoms with Gasteiger partial charge in [0.1, 0.15) is 22.2 Å². The van der Waals surface area contributed by atoms with E-state index in [9.17, 15) is 4.79 Å². The van der Waals surface area contributed by atoms with E-state index in [0.29, 0.717) is 39.6 Å². The Hall–Kier alpha value is -3.33. The van der Waals surface area contributed by atoms with Crippen LogP contribution in [0.1, 0.15) is 12.5 Å². The highest BCUT2D eigenvalue weighted by Crippen LogP contribution is 2.33. The maximum absolute atomic E-state index is 12.5. The zero-order chi connectivity index (χ0) is 20.4. The Bertz CT molecular complexity index is 1160. The van der Waals surface area contributed by atoms with Gasteiger partial charge in [0.25, 0.3) is 5.56 Å². The Morgan fingerprint density at radius 3 is 2.82 bits per heavy atom. The molecule has 4 N–H and O–H groups in total. The van der Waals surface area contributed by atoms with Crippen molar-refractivity contribution in [3.05, 3.63) is 45.3 Å². The largest absolute Gasteiger partial charge is 0.494 e. The van der Waals surface area contributed by atoms with Crippen LogP contribution in [0.2, 0.25) is 5.15 Å². The Morgan fingerprint density at radius 2 is 2.14 bits per heavy atom. The van der Waals surface area contributed by atoms with Crippen molar-refractivity contribution in [2.24, 2.45) is 22.8 Å². The SMILES string of the molecule is CN=C(C)N=C(N)c1cccc(Nc2cc(Cl)nc3[nH]n(C)c(=O)c23)c1OC. The number of aromatic amines is 1. The van der Waals surface area contributed by atoms with Crippen LogP contribution in [0.15, 0.2) is 39.0 Å². The van der Waals surface area contributed by atoms with Crippen LogP contribution in [0.5, 0.6) is 5.75 Å². The molecule has 0 fully saturated rings. The highest BCUT2D eigenvalue weighted by molar-refractivity contribution is 6.30. The number of benzene rings is 1. The molecule has 2 aromatic heterocycles. The molecule has 0 saturated heterocycles. The lowest BCUT2D eigenvalue weighted by Gasteiger charge is -2.15. The third-order valence-corrected chi connectivity index (χ3v) is 4.34. The number of amidine groups is 2.